The van der Waals surface area contributed by atoms with Crippen LogP contribution in [0.3, 0.4) is 0 Å². The molecule has 6 rings (SSSR count). The second kappa shape index (κ2) is 31.7. The zero-order valence-corrected chi connectivity index (χ0v) is 44.9. The Hall–Kier alpha value is -7.62. The molecule has 79 heavy (non-hydrogen) atoms. The van der Waals surface area contributed by atoms with Crippen molar-refractivity contribution in [1.82, 2.24) is 10.6 Å². The summed E-state index contributed by atoms with van der Waals surface area (Å²) < 4.78 is 93.9. The summed E-state index contributed by atoms with van der Waals surface area (Å²) >= 11 is 0. The van der Waals surface area contributed by atoms with Gasteiger partial charge in [-0.25, -0.2) is 0 Å². The third kappa shape index (κ3) is 21.3. The van der Waals surface area contributed by atoms with Crippen molar-refractivity contribution >= 4 is 23.8 Å². The van der Waals surface area contributed by atoms with Gasteiger partial charge in [-0.2, -0.15) is 26.3 Å². The van der Waals surface area contributed by atoms with E-state index in [0.29, 0.717) is 47.0 Å². The van der Waals surface area contributed by atoms with E-state index in [9.17, 15) is 45.5 Å². The van der Waals surface area contributed by atoms with E-state index < -0.39 is 29.4 Å². The monoisotopic (exact) mass is 1100 g/mol. The Labute approximate surface area is 458 Å². The third-order valence-electron chi connectivity index (χ3n) is 13.3. The van der Waals surface area contributed by atoms with Gasteiger partial charge in [-0.3, -0.25) is 19.2 Å². The van der Waals surface area contributed by atoms with Crippen LogP contribution in [0.2, 0.25) is 0 Å². The number of hydrogen-bond donors (Lipinski definition) is 3. The SMILES string of the molecule is CCCCCCC(COc1ccc(-c2ccc(C(F)(F)F)cc2)cc1)c1ccc(C(=O)NCCC(=O)O)cc1.CCCCCCC(COc1ccc(-c2ccc(C(F)(F)F)cc2)cc1)c1ccc(C(=O)NCCC(=O)OC)cc1. The Kier molecular flexibility index (Phi) is 25.0. The fraction of sp³-hybridized carbons (Fsp3) is 0.365. The summed E-state index contributed by atoms with van der Waals surface area (Å²) in [6.45, 7) is 5.51. The highest BCUT2D eigenvalue weighted by Crippen LogP contribution is 2.34. The molecule has 2 amide bonds. The molecule has 0 saturated carbocycles. The second-order valence-electron chi connectivity index (χ2n) is 19.1. The maximum Gasteiger partial charge on any atom is 0.416 e. The molecular formula is C63H70F6N2O8. The number of carboxylic acids is 1. The fourth-order valence-corrected chi connectivity index (χ4v) is 8.59. The minimum absolute atomic E-state index is 0.0709. The van der Waals surface area contributed by atoms with E-state index in [2.05, 4.69) is 29.2 Å². The number of esters is 1. The lowest BCUT2D eigenvalue weighted by Crippen LogP contribution is -2.26. The zero-order chi connectivity index (χ0) is 57.2. The predicted octanol–water partition coefficient (Wildman–Crippen LogP) is 15.5. The van der Waals surface area contributed by atoms with E-state index >= 15 is 0 Å². The lowest BCUT2D eigenvalue weighted by Gasteiger charge is -2.19. The molecule has 0 bridgehead atoms. The molecule has 0 aromatic heterocycles. The summed E-state index contributed by atoms with van der Waals surface area (Å²) in [4.78, 5) is 46.6. The van der Waals surface area contributed by atoms with Gasteiger partial charge in [0, 0.05) is 36.1 Å². The third-order valence-corrected chi connectivity index (χ3v) is 13.3. The van der Waals surface area contributed by atoms with Crippen molar-refractivity contribution in [3.05, 3.63) is 179 Å². The first-order valence-electron chi connectivity index (χ1n) is 26.7. The predicted molar refractivity (Wildman–Crippen MR) is 294 cm³/mol. The van der Waals surface area contributed by atoms with Gasteiger partial charge >= 0.3 is 24.3 Å². The summed E-state index contributed by atoms with van der Waals surface area (Å²) in [5.41, 5.74) is 4.74. The van der Waals surface area contributed by atoms with Gasteiger partial charge in [0.2, 0.25) is 0 Å². The van der Waals surface area contributed by atoms with Crippen LogP contribution in [0.25, 0.3) is 22.3 Å². The molecule has 0 heterocycles. The van der Waals surface area contributed by atoms with Gasteiger partial charge in [-0.15, -0.1) is 0 Å². The number of rotatable bonds is 28. The lowest BCUT2D eigenvalue weighted by molar-refractivity contribution is -0.140. The van der Waals surface area contributed by atoms with Gasteiger partial charge in [0.15, 0.2) is 0 Å². The Balaban J connectivity index is 0.000000291. The van der Waals surface area contributed by atoms with Crippen molar-refractivity contribution in [3.63, 3.8) is 0 Å². The quantitative estimate of drug-likeness (QED) is 0.0251. The summed E-state index contributed by atoms with van der Waals surface area (Å²) in [6, 6.07) is 39.5. The van der Waals surface area contributed by atoms with Crippen LogP contribution in [0.4, 0.5) is 26.3 Å². The van der Waals surface area contributed by atoms with Crippen molar-refractivity contribution < 1.29 is 64.8 Å². The maximum atomic E-state index is 12.9. The number of carboxylic acid groups (broad SMARTS) is 1. The summed E-state index contributed by atoms with van der Waals surface area (Å²) in [5.74, 6) is -0.328. The van der Waals surface area contributed by atoms with Crippen LogP contribution in [-0.4, -0.2) is 62.3 Å². The molecule has 0 fully saturated rings. The Bertz CT molecular complexity index is 2780. The Morgan fingerprint density at radius 2 is 0.810 bits per heavy atom. The van der Waals surface area contributed by atoms with Crippen LogP contribution < -0.4 is 20.1 Å². The molecule has 2 unspecified atom stereocenters. The molecule has 0 saturated heterocycles. The van der Waals surface area contributed by atoms with Crippen LogP contribution >= 0.6 is 0 Å². The lowest BCUT2D eigenvalue weighted by atomic mass is 9.93. The van der Waals surface area contributed by atoms with Crippen LogP contribution in [0.1, 0.15) is 146 Å². The van der Waals surface area contributed by atoms with E-state index in [0.717, 1.165) is 104 Å². The number of carbonyl (C=O) groups excluding carboxylic acids is 3. The summed E-state index contributed by atoms with van der Waals surface area (Å²) in [6.07, 6.45) is 2.10. The van der Waals surface area contributed by atoms with Crippen molar-refractivity contribution in [1.29, 1.82) is 0 Å². The van der Waals surface area contributed by atoms with Gasteiger partial charge < -0.3 is 30.0 Å². The number of methoxy groups -OCH3 is 1. The number of unbranched alkanes of at least 4 members (excludes halogenated alkanes) is 6. The molecule has 16 heteroatoms. The molecule has 0 aliphatic carbocycles. The van der Waals surface area contributed by atoms with E-state index in [-0.39, 0.29) is 55.6 Å². The molecule has 0 aliphatic heterocycles. The highest BCUT2D eigenvalue weighted by atomic mass is 19.4. The number of benzene rings is 6. The average molecular weight is 1100 g/mol. The van der Waals surface area contributed by atoms with E-state index in [1.54, 1.807) is 24.3 Å². The molecular weight excluding hydrogens is 1030 g/mol. The first-order chi connectivity index (χ1) is 37.9. The number of ether oxygens (including phenoxy) is 3. The Morgan fingerprint density at radius 1 is 0.468 bits per heavy atom. The standard InChI is InChI=1S/C32H36F3NO4.C31H34F3NO4/c1-3-4-5-6-7-27(25-8-10-26(11-9-25)31(38)36-21-20-30(37)39-2)22-40-29-18-14-24(15-19-29)23-12-16-28(17-13-23)32(33,34)35;1-2-3-4-5-6-26(24-7-9-25(10-8-24)30(38)35-20-19-29(36)37)21-39-28-17-13-23(14-18-28)22-11-15-27(16-12-22)31(32,33)34/h8-19,27H,3-7,20-22H2,1-2H3,(H,36,38);7-18,26H,2-6,19-21H2,1H3,(H,35,38)(H,36,37). The largest absolute Gasteiger partial charge is 0.493 e. The highest BCUT2D eigenvalue weighted by molar-refractivity contribution is 5.95. The molecule has 6 aromatic carbocycles. The normalized spacial score (nSPS) is 12.1. The minimum atomic E-state index is -4.36. The molecule has 6 aromatic rings. The van der Waals surface area contributed by atoms with Gasteiger partial charge in [0.1, 0.15) is 11.5 Å². The minimum Gasteiger partial charge on any atom is -0.493 e. The summed E-state index contributed by atoms with van der Waals surface area (Å²) in [7, 11) is 1.31. The van der Waals surface area contributed by atoms with Gasteiger partial charge in [-0.05, 0) is 119 Å². The molecule has 0 radical (unpaired) electrons. The molecule has 0 spiro atoms. The molecule has 422 valence electrons. The van der Waals surface area contributed by atoms with Crippen molar-refractivity contribution in [3.8, 4) is 33.8 Å². The van der Waals surface area contributed by atoms with Crippen molar-refractivity contribution in [2.45, 2.75) is 115 Å². The second-order valence-corrected chi connectivity index (χ2v) is 19.1. The van der Waals surface area contributed by atoms with Crippen LogP contribution in [-0.2, 0) is 26.7 Å². The number of carbonyl (C=O) groups is 4. The van der Waals surface area contributed by atoms with Crippen molar-refractivity contribution in [2.75, 3.05) is 33.4 Å². The van der Waals surface area contributed by atoms with Gasteiger partial charge in [-0.1, -0.05) is 138 Å². The van der Waals surface area contributed by atoms with Crippen LogP contribution in [0.15, 0.2) is 146 Å². The van der Waals surface area contributed by atoms with Gasteiger partial charge in [0.05, 0.1) is 44.3 Å². The smallest absolute Gasteiger partial charge is 0.416 e. The number of alkyl halides is 6. The Morgan fingerprint density at radius 3 is 1.13 bits per heavy atom. The number of hydrogen-bond acceptors (Lipinski definition) is 7. The number of amides is 2. The summed E-state index contributed by atoms with van der Waals surface area (Å²) in [5, 5.41) is 14.1. The maximum absolute atomic E-state index is 12.9. The fourth-order valence-electron chi connectivity index (χ4n) is 8.59. The molecule has 0 aliphatic rings. The number of aliphatic carboxylic acids is 1. The molecule has 3 N–H and O–H groups in total. The molecule has 10 nitrogen and oxygen atoms in total. The van der Waals surface area contributed by atoms with Crippen molar-refractivity contribution in [2.24, 2.45) is 0 Å². The number of nitrogens with one attached hydrogen (secondary N) is 2. The van der Waals surface area contributed by atoms with Crippen LogP contribution in [0.5, 0.6) is 11.5 Å². The van der Waals surface area contributed by atoms with E-state index in [4.69, 9.17) is 14.6 Å². The van der Waals surface area contributed by atoms with E-state index in [1.165, 1.54) is 37.8 Å². The average Bonchev–Trinajstić information content (AvgIpc) is 3.45. The first-order valence-corrected chi connectivity index (χ1v) is 26.7. The van der Waals surface area contributed by atoms with Gasteiger partial charge in [0.25, 0.3) is 11.8 Å². The first kappa shape index (κ1) is 62.2. The molecule has 2 atom stereocenters. The number of halogens is 6. The highest BCUT2D eigenvalue weighted by Gasteiger charge is 2.31. The topological polar surface area (TPSA) is 140 Å². The van der Waals surface area contributed by atoms with E-state index in [1.807, 2.05) is 72.8 Å². The van der Waals surface area contributed by atoms with Crippen LogP contribution in [0, 0.1) is 0 Å². The zero-order valence-electron chi connectivity index (χ0n) is 44.9.